The van der Waals surface area contributed by atoms with Crippen LogP contribution in [0.3, 0.4) is 0 Å². The third-order valence-corrected chi connectivity index (χ3v) is 3.56. The van der Waals surface area contributed by atoms with E-state index in [2.05, 4.69) is 52.0 Å². The Hall–Kier alpha value is -0.820. The molecular formula is C17H28O. The minimum Gasteiger partial charge on any atom is -0.393 e. The van der Waals surface area contributed by atoms with E-state index in [0.29, 0.717) is 5.92 Å². The summed E-state index contributed by atoms with van der Waals surface area (Å²) in [6.07, 6.45) is 3.86. The second-order valence-electron chi connectivity index (χ2n) is 6.09. The number of aryl methyl sites for hydroxylation is 2. The summed E-state index contributed by atoms with van der Waals surface area (Å²) in [5.41, 5.74) is 2.70. The van der Waals surface area contributed by atoms with Gasteiger partial charge in [-0.2, -0.15) is 0 Å². The van der Waals surface area contributed by atoms with Gasteiger partial charge >= 0.3 is 0 Å². The summed E-state index contributed by atoms with van der Waals surface area (Å²) in [5, 5.41) is 10.1. The Morgan fingerprint density at radius 1 is 1.06 bits per heavy atom. The molecule has 1 heteroatoms. The smallest absolute Gasteiger partial charge is 0.0546 e. The van der Waals surface area contributed by atoms with Crippen LogP contribution >= 0.6 is 0 Å². The van der Waals surface area contributed by atoms with E-state index >= 15 is 0 Å². The minimum atomic E-state index is -0.154. The van der Waals surface area contributed by atoms with E-state index in [-0.39, 0.29) is 6.10 Å². The molecule has 1 aromatic carbocycles. The lowest BCUT2D eigenvalue weighted by atomic mass is 9.91. The Balaban J connectivity index is 2.33. The highest BCUT2D eigenvalue weighted by Gasteiger charge is 2.12. The van der Waals surface area contributed by atoms with Crippen LogP contribution in [0, 0.1) is 18.8 Å². The van der Waals surface area contributed by atoms with E-state index in [1.54, 1.807) is 0 Å². The largest absolute Gasteiger partial charge is 0.393 e. The molecule has 0 amide bonds. The van der Waals surface area contributed by atoms with Gasteiger partial charge < -0.3 is 5.11 Å². The van der Waals surface area contributed by atoms with Gasteiger partial charge in [0.05, 0.1) is 6.10 Å². The van der Waals surface area contributed by atoms with E-state index in [1.807, 2.05) is 0 Å². The molecule has 0 bridgehead atoms. The van der Waals surface area contributed by atoms with Gasteiger partial charge in [-0.1, -0.05) is 45.0 Å². The van der Waals surface area contributed by atoms with Gasteiger partial charge in [0.25, 0.3) is 0 Å². The normalized spacial score (nSPS) is 14.8. The first-order valence-corrected chi connectivity index (χ1v) is 7.21. The van der Waals surface area contributed by atoms with Crippen molar-refractivity contribution in [2.45, 2.75) is 59.5 Å². The van der Waals surface area contributed by atoms with Crippen LogP contribution in [-0.4, -0.2) is 11.2 Å². The molecule has 18 heavy (non-hydrogen) atoms. The Morgan fingerprint density at radius 2 is 1.72 bits per heavy atom. The zero-order valence-corrected chi connectivity index (χ0v) is 12.3. The first kappa shape index (κ1) is 15.2. The predicted molar refractivity (Wildman–Crippen MR) is 78.7 cm³/mol. The molecule has 1 aromatic rings. The fraction of sp³-hybridized carbons (Fsp3) is 0.647. The highest BCUT2D eigenvalue weighted by atomic mass is 16.3. The van der Waals surface area contributed by atoms with Crippen LogP contribution in [0.5, 0.6) is 0 Å². The monoisotopic (exact) mass is 248 g/mol. The van der Waals surface area contributed by atoms with E-state index in [0.717, 1.165) is 25.2 Å². The standard InChI is InChI=1S/C17H28O/c1-13(2)11-14(3)12-17(18)10-9-16-8-6-5-7-15(16)4/h5-8,13-14,17-18H,9-12H2,1-4H3. The van der Waals surface area contributed by atoms with Crippen LogP contribution in [-0.2, 0) is 6.42 Å². The number of hydrogen-bond donors (Lipinski definition) is 1. The number of rotatable bonds is 7. The zero-order chi connectivity index (χ0) is 13.5. The van der Waals surface area contributed by atoms with Gasteiger partial charge in [-0.05, 0) is 55.6 Å². The third kappa shape index (κ3) is 5.68. The minimum absolute atomic E-state index is 0.154. The van der Waals surface area contributed by atoms with Crippen molar-refractivity contribution in [1.82, 2.24) is 0 Å². The second-order valence-corrected chi connectivity index (χ2v) is 6.09. The number of aliphatic hydroxyl groups is 1. The highest BCUT2D eigenvalue weighted by Crippen LogP contribution is 2.19. The molecule has 0 aromatic heterocycles. The van der Waals surface area contributed by atoms with Crippen LogP contribution < -0.4 is 0 Å². The lowest BCUT2D eigenvalue weighted by molar-refractivity contribution is 0.131. The second kappa shape index (κ2) is 7.58. The molecule has 0 spiro atoms. The number of benzene rings is 1. The molecule has 2 unspecified atom stereocenters. The van der Waals surface area contributed by atoms with Crippen molar-refractivity contribution < 1.29 is 5.11 Å². The van der Waals surface area contributed by atoms with Crippen molar-refractivity contribution in [3.05, 3.63) is 35.4 Å². The van der Waals surface area contributed by atoms with Crippen LogP contribution in [0.25, 0.3) is 0 Å². The summed E-state index contributed by atoms with van der Waals surface area (Å²) in [6, 6.07) is 8.46. The summed E-state index contributed by atoms with van der Waals surface area (Å²) in [6.45, 7) is 8.88. The van der Waals surface area contributed by atoms with Gasteiger partial charge in [-0.3, -0.25) is 0 Å². The molecule has 0 aliphatic carbocycles. The average molecular weight is 248 g/mol. The van der Waals surface area contributed by atoms with Crippen molar-refractivity contribution in [2.75, 3.05) is 0 Å². The molecule has 0 fully saturated rings. The summed E-state index contributed by atoms with van der Waals surface area (Å²) < 4.78 is 0. The maximum atomic E-state index is 10.1. The summed E-state index contributed by atoms with van der Waals surface area (Å²) in [4.78, 5) is 0. The maximum absolute atomic E-state index is 10.1. The predicted octanol–water partition coefficient (Wildman–Crippen LogP) is 4.36. The number of aliphatic hydroxyl groups excluding tert-OH is 1. The van der Waals surface area contributed by atoms with Gasteiger partial charge in [0.15, 0.2) is 0 Å². The van der Waals surface area contributed by atoms with Crippen LogP contribution in [0.2, 0.25) is 0 Å². The quantitative estimate of drug-likeness (QED) is 0.760. The van der Waals surface area contributed by atoms with E-state index < -0.39 is 0 Å². The molecule has 0 saturated heterocycles. The molecule has 2 atom stereocenters. The van der Waals surface area contributed by atoms with Gasteiger partial charge in [-0.15, -0.1) is 0 Å². The molecule has 1 nitrogen and oxygen atoms in total. The molecule has 0 aliphatic rings. The molecule has 0 heterocycles. The third-order valence-electron chi connectivity index (χ3n) is 3.56. The van der Waals surface area contributed by atoms with Crippen LogP contribution in [0.1, 0.15) is 51.2 Å². The van der Waals surface area contributed by atoms with Crippen LogP contribution in [0.15, 0.2) is 24.3 Å². The van der Waals surface area contributed by atoms with E-state index in [4.69, 9.17) is 0 Å². The molecule has 0 aliphatic heterocycles. The van der Waals surface area contributed by atoms with Crippen LogP contribution in [0.4, 0.5) is 0 Å². The summed E-state index contributed by atoms with van der Waals surface area (Å²) >= 11 is 0. The van der Waals surface area contributed by atoms with Gasteiger partial charge in [0.1, 0.15) is 0 Å². The summed E-state index contributed by atoms with van der Waals surface area (Å²) in [5.74, 6) is 1.35. The first-order valence-electron chi connectivity index (χ1n) is 7.21. The van der Waals surface area contributed by atoms with Crippen molar-refractivity contribution in [3.8, 4) is 0 Å². The van der Waals surface area contributed by atoms with E-state index in [9.17, 15) is 5.11 Å². The Bertz CT molecular complexity index is 343. The lowest BCUT2D eigenvalue weighted by Gasteiger charge is -2.18. The average Bonchev–Trinajstić information content (AvgIpc) is 2.26. The molecule has 0 radical (unpaired) electrons. The van der Waals surface area contributed by atoms with Crippen molar-refractivity contribution >= 4 is 0 Å². The molecule has 0 saturated carbocycles. The summed E-state index contributed by atoms with van der Waals surface area (Å²) in [7, 11) is 0. The highest BCUT2D eigenvalue weighted by molar-refractivity contribution is 5.25. The van der Waals surface area contributed by atoms with E-state index in [1.165, 1.54) is 17.5 Å². The Labute approximate surface area is 112 Å². The zero-order valence-electron chi connectivity index (χ0n) is 12.3. The fourth-order valence-electron chi connectivity index (χ4n) is 2.70. The van der Waals surface area contributed by atoms with Gasteiger partial charge in [0.2, 0.25) is 0 Å². The molecule has 1 N–H and O–H groups in total. The van der Waals surface area contributed by atoms with Crippen molar-refractivity contribution in [3.63, 3.8) is 0 Å². The fourth-order valence-corrected chi connectivity index (χ4v) is 2.70. The molecular weight excluding hydrogens is 220 g/mol. The van der Waals surface area contributed by atoms with Gasteiger partial charge in [-0.25, -0.2) is 0 Å². The van der Waals surface area contributed by atoms with Crippen molar-refractivity contribution in [1.29, 1.82) is 0 Å². The topological polar surface area (TPSA) is 20.2 Å². The van der Waals surface area contributed by atoms with Crippen molar-refractivity contribution in [2.24, 2.45) is 11.8 Å². The van der Waals surface area contributed by atoms with Gasteiger partial charge in [0, 0.05) is 0 Å². The lowest BCUT2D eigenvalue weighted by Crippen LogP contribution is -2.14. The molecule has 102 valence electrons. The Kier molecular flexibility index (Phi) is 6.42. The number of hydrogen-bond acceptors (Lipinski definition) is 1. The first-order chi connectivity index (χ1) is 8.49. The Morgan fingerprint density at radius 3 is 2.33 bits per heavy atom. The molecule has 1 rings (SSSR count). The maximum Gasteiger partial charge on any atom is 0.0546 e. The SMILES string of the molecule is Cc1ccccc1CCC(O)CC(C)CC(C)C.